The van der Waals surface area contributed by atoms with Crippen LogP contribution in [0, 0.1) is 0 Å². The van der Waals surface area contributed by atoms with Crippen molar-refractivity contribution in [3.05, 3.63) is 34.9 Å². The number of rotatable bonds is 5. The zero-order chi connectivity index (χ0) is 16.4. The topological polar surface area (TPSA) is 74.8 Å². The number of piperazine rings is 1. The Morgan fingerprint density at radius 3 is 1.95 bits per heavy atom. The highest BCUT2D eigenvalue weighted by atomic mass is 35.5. The van der Waals surface area contributed by atoms with E-state index in [1.807, 2.05) is 0 Å². The highest BCUT2D eigenvalue weighted by molar-refractivity contribution is 7.89. The zero-order valence-electron chi connectivity index (χ0n) is 12.3. The summed E-state index contributed by atoms with van der Waals surface area (Å²) < 4.78 is 51.1. The van der Waals surface area contributed by atoms with E-state index in [0.29, 0.717) is 10.6 Å². The van der Waals surface area contributed by atoms with Gasteiger partial charge in [0.1, 0.15) is 0 Å². The van der Waals surface area contributed by atoms with E-state index in [1.54, 1.807) is 31.2 Å². The summed E-state index contributed by atoms with van der Waals surface area (Å²) >= 11 is 6.00. The highest BCUT2D eigenvalue weighted by Crippen LogP contribution is 2.20. The minimum Gasteiger partial charge on any atom is -0.212 e. The van der Waals surface area contributed by atoms with Crippen molar-refractivity contribution in [1.82, 2.24) is 8.61 Å². The van der Waals surface area contributed by atoms with Gasteiger partial charge in [0.05, 0.1) is 11.5 Å². The molecule has 6 nitrogen and oxygen atoms in total. The minimum atomic E-state index is -3.51. The van der Waals surface area contributed by atoms with Crippen LogP contribution in [0.25, 0.3) is 0 Å². The van der Waals surface area contributed by atoms with Gasteiger partial charge in [-0.1, -0.05) is 29.8 Å². The monoisotopic (exact) mass is 366 g/mol. The molecule has 0 radical (unpaired) electrons. The van der Waals surface area contributed by atoms with Crippen LogP contribution in [-0.2, 0) is 25.8 Å². The maximum absolute atomic E-state index is 12.4. The van der Waals surface area contributed by atoms with E-state index in [2.05, 4.69) is 0 Å². The first kappa shape index (κ1) is 17.7. The second kappa shape index (κ2) is 6.84. The Hall–Kier alpha value is -0.670. The Morgan fingerprint density at radius 1 is 0.955 bits per heavy atom. The summed E-state index contributed by atoms with van der Waals surface area (Å²) in [6.45, 7) is 2.31. The lowest BCUT2D eigenvalue weighted by molar-refractivity contribution is 0.273. The van der Waals surface area contributed by atoms with Crippen molar-refractivity contribution in [3.8, 4) is 0 Å². The van der Waals surface area contributed by atoms with E-state index in [4.69, 9.17) is 11.6 Å². The van der Waals surface area contributed by atoms with Crippen molar-refractivity contribution >= 4 is 31.6 Å². The fourth-order valence-electron chi connectivity index (χ4n) is 2.31. The van der Waals surface area contributed by atoms with Gasteiger partial charge in [-0.3, -0.25) is 0 Å². The number of hydrogen-bond acceptors (Lipinski definition) is 4. The Balaban J connectivity index is 2.06. The lowest BCUT2D eigenvalue weighted by Gasteiger charge is -2.33. The van der Waals surface area contributed by atoms with Gasteiger partial charge in [-0.05, 0) is 18.6 Å². The summed E-state index contributed by atoms with van der Waals surface area (Å²) in [5, 5.41) is 0.415. The third kappa shape index (κ3) is 3.99. The molecule has 2 rings (SSSR count). The van der Waals surface area contributed by atoms with Gasteiger partial charge in [-0.2, -0.15) is 8.61 Å². The predicted octanol–water partition coefficient (Wildman–Crippen LogP) is 1.14. The largest absolute Gasteiger partial charge is 0.218 e. The van der Waals surface area contributed by atoms with Gasteiger partial charge in [0.25, 0.3) is 0 Å². The summed E-state index contributed by atoms with van der Waals surface area (Å²) in [7, 11) is -6.77. The molecule has 1 saturated heterocycles. The smallest absolute Gasteiger partial charge is 0.212 e. The number of nitrogens with zero attached hydrogens (tertiary/aromatic N) is 2. The molecule has 0 atom stereocenters. The first-order valence-corrected chi connectivity index (χ1v) is 10.5. The molecule has 0 saturated carbocycles. The van der Waals surface area contributed by atoms with Crippen LogP contribution in [0.3, 0.4) is 0 Å². The number of halogens is 1. The van der Waals surface area contributed by atoms with Crippen LogP contribution in [0.15, 0.2) is 24.3 Å². The predicted molar refractivity (Wildman–Crippen MR) is 86.7 cm³/mol. The van der Waals surface area contributed by atoms with Gasteiger partial charge >= 0.3 is 0 Å². The molecule has 1 aliphatic rings. The normalized spacial score (nSPS) is 18.5. The molecule has 124 valence electrons. The van der Waals surface area contributed by atoms with Crippen molar-refractivity contribution < 1.29 is 16.8 Å². The molecule has 0 N–H and O–H groups in total. The van der Waals surface area contributed by atoms with Crippen LogP contribution in [0.5, 0.6) is 0 Å². The van der Waals surface area contributed by atoms with E-state index >= 15 is 0 Å². The Bertz CT molecular complexity index is 726. The van der Waals surface area contributed by atoms with Gasteiger partial charge < -0.3 is 0 Å². The molecule has 0 unspecified atom stereocenters. The van der Waals surface area contributed by atoms with Gasteiger partial charge in [-0.15, -0.1) is 0 Å². The standard InChI is InChI=1S/C13H19ClN2O4S2/c1-2-21(17,18)15-7-9-16(10-8-15)22(19,20)11-12-5-3-4-6-13(12)14/h3-6H,2,7-11H2,1H3. The average molecular weight is 367 g/mol. The fraction of sp³-hybridized carbons (Fsp3) is 0.538. The highest BCUT2D eigenvalue weighted by Gasteiger charge is 2.31. The summed E-state index contributed by atoms with van der Waals surface area (Å²) in [6, 6.07) is 6.81. The summed E-state index contributed by atoms with van der Waals surface area (Å²) in [5.74, 6) is -0.146. The van der Waals surface area contributed by atoms with Gasteiger partial charge in [0, 0.05) is 31.2 Å². The SMILES string of the molecule is CCS(=O)(=O)N1CCN(S(=O)(=O)Cc2ccccc2Cl)CC1. The van der Waals surface area contributed by atoms with Crippen molar-refractivity contribution in [2.45, 2.75) is 12.7 Å². The van der Waals surface area contributed by atoms with Crippen molar-refractivity contribution in [2.24, 2.45) is 0 Å². The maximum Gasteiger partial charge on any atom is 0.218 e. The van der Waals surface area contributed by atoms with Gasteiger partial charge in [-0.25, -0.2) is 16.8 Å². The van der Waals surface area contributed by atoms with E-state index in [0.717, 1.165) is 0 Å². The second-order valence-electron chi connectivity index (χ2n) is 5.05. The molecule has 0 bridgehead atoms. The van der Waals surface area contributed by atoms with Crippen molar-refractivity contribution in [3.63, 3.8) is 0 Å². The van der Waals surface area contributed by atoms with E-state index in [-0.39, 0.29) is 37.7 Å². The molecule has 1 aliphatic heterocycles. The zero-order valence-corrected chi connectivity index (χ0v) is 14.7. The Kier molecular flexibility index (Phi) is 5.50. The van der Waals surface area contributed by atoms with Gasteiger partial charge in [0.15, 0.2) is 0 Å². The van der Waals surface area contributed by atoms with Crippen LogP contribution in [0.2, 0.25) is 5.02 Å². The molecule has 1 heterocycles. The first-order valence-electron chi connectivity index (χ1n) is 6.95. The summed E-state index contributed by atoms with van der Waals surface area (Å²) in [5.41, 5.74) is 0.549. The molecule has 1 aromatic rings. The van der Waals surface area contributed by atoms with Crippen LogP contribution in [0.4, 0.5) is 0 Å². The van der Waals surface area contributed by atoms with E-state index < -0.39 is 20.0 Å². The molecule has 9 heteroatoms. The molecule has 0 amide bonds. The first-order chi connectivity index (χ1) is 10.3. The lowest BCUT2D eigenvalue weighted by atomic mass is 10.2. The fourth-order valence-corrected chi connectivity index (χ4v) is 5.23. The molecule has 0 aromatic heterocycles. The molecule has 1 aromatic carbocycles. The Morgan fingerprint density at radius 2 is 1.45 bits per heavy atom. The van der Waals surface area contributed by atoms with Crippen LogP contribution in [-0.4, -0.2) is 57.4 Å². The third-order valence-electron chi connectivity index (χ3n) is 3.64. The molecular weight excluding hydrogens is 348 g/mol. The van der Waals surface area contributed by atoms with Crippen LogP contribution >= 0.6 is 11.6 Å². The number of benzene rings is 1. The van der Waals surface area contributed by atoms with Crippen molar-refractivity contribution in [2.75, 3.05) is 31.9 Å². The molecule has 0 spiro atoms. The number of sulfonamides is 2. The second-order valence-corrected chi connectivity index (χ2v) is 9.68. The summed E-state index contributed by atoms with van der Waals surface area (Å²) in [4.78, 5) is 0. The average Bonchev–Trinajstić information content (AvgIpc) is 2.49. The van der Waals surface area contributed by atoms with E-state index in [9.17, 15) is 16.8 Å². The van der Waals surface area contributed by atoms with E-state index in [1.165, 1.54) is 8.61 Å². The van der Waals surface area contributed by atoms with Crippen molar-refractivity contribution in [1.29, 1.82) is 0 Å². The minimum absolute atomic E-state index is 0.0272. The Labute approximate surface area is 136 Å². The van der Waals surface area contributed by atoms with Gasteiger partial charge in [0.2, 0.25) is 20.0 Å². The van der Waals surface area contributed by atoms with Crippen LogP contribution in [0.1, 0.15) is 12.5 Å². The molecule has 1 fully saturated rings. The lowest BCUT2D eigenvalue weighted by Crippen LogP contribution is -2.51. The van der Waals surface area contributed by atoms with Crippen LogP contribution < -0.4 is 0 Å². The molecular formula is C13H19ClN2O4S2. The molecule has 22 heavy (non-hydrogen) atoms. The quantitative estimate of drug-likeness (QED) is 0.783. The maximum atomic E-state index is 12.4. The third-order valence-corrected chi connectivity index (χ3v) is 7.72. The summed E-state index contributed by atoms with van der Waals surface area (Å²) in [6.07, 6.45) is 0. The number of hydrogen-bond donors (Lipinski definition) is 0. The molecule has 0 aliphatic carbocycles.